The van der Waals surface area contributed by atoms with E-state index in [0.717, 1.165) is 6.42 Å². The molecule has 1 atom stereocenters. The molecule has 4 aromatic rings. The van der Waals surface area contributed by atoms with E-state index in [1.165, 1.54) is 61.2 Å². The molecule has 0 aliphatic heterocycles. The molecule has 0 fully saturated rings. The average molecular weight is 793 g/mol. The topological polar surface area (TPSA) is 0 Å². The van der Waals surface area contributed by atoms with E-state index in [1.807, 2.05) is 6.08 Å². The number of hydrogen-bond acceptors (Lipinski definition) is 0. The van der Waals surface area contributed by atoms with Gasteiger partial charge in [-0.1, -0.05) is 0 Å². The average Bonchev–Trinajstić information content (AvgIpc) is 3.62. The Morgan fingerprint density at radius 3 is 1.61 bits per heavy atom. The van der Waals surface area contributed by atoms with Gasteiger partial charge in [-0.05, 0) is 0 Å². The van der Waals surface area contributed by atoms with Crippen LogP contribution < -0.4 is 28.1 Å². The second-order valence-electron chi connectivity index (χ2n) is 17.3. The van der Waals surface area contributed by atoms with E-state index >= 15 is 0 Å². The summed E-state index contributed by atoms with van der Waals surface area (Å²) in [5, 5.41) is 0. The van der Waals surface area contributed by atoms with E-state index in [2.05, 4.69) is 179 Å². The van der Waals surface area contributed by atoms with Crippen molar-refractivity contribution < 1.29 is 46.1 Å². The summed E-state index contributed by atoms with van der Waals surface area (Å²) in [5.41, 5.74) is 15.3. The molecule has 0 radical (unpaired) electrons. The summed E-state index contributed by atoms with van der Waals surface area (Å²) < 4.78 is 4.81. The SMILES string of the molecule is C=Cc1ccc2c(c1)-c1cc(C=C)c[c]([Zr+2]([C]3=CC(C(C)(C)C)=CC3C)=[C](c3ccc(C(C)(C)C)cc3)c3ccc(C(C)(C)C)cc3)c1C2.[Cl-].[Cl-]. The molecule has 4 aromatic carbocycles. The molecule has 0 heterocycles. The van der Waals surface area contributed by atoms with Gasteiger partial charge in [0.15, 0.2) is 0 Å². The number of hydrogen-bond donors (Lipinski definition) is 0. The number of allylic oxidation sites excluding steroid dienone is 4. The fourth-order valence-electron chi connectivity index (χ4n) is 7.42. The standard InChI is InChI=1S/C21H26.C17H13.C10H15.2ClH.Zr/c1-20(2,3)18-11-7-16(8-12-18)15-17-9-13-19(14-10-17)21(4,5)6;1-3-12-5-7-14-11-15-8-6-13(4-2)10-17(15)16(14)9-12;1-8-5-6-9(7-8)10(2,3)4;;;/h7-14H,1-6H3;3-7,9-10H,1-2,11H2;6-8H,1-4H3;2*1H;/q;;;;;+2/p-2. The third-order valence-corrected chi connectivity index (χ3v) is 18.5. The van der Waals surface area contributed by atoms with Crippen LogP contribution in [0.1, 0.15) is 114 Å². The Morgan fingerprint density at radius 2 is 1.16 bits per heavy atom. The van der Waals surface area contributed by atoms with Gasteiger partial charge in [0.05, 0.1) is 0 Å². The molecule has 0 spiro atoms. The molecule has 264 valence electrons. The second kappa shape index (κ2) is 15.3. The molecule has 6 rings (SSSR count). The van der Waals surface area contributed by atoms with Gasteiger partial charge in [-0.15, -0.1) is 0 Å². The summed E-state index contributed by atoms with van der Waals surface area (Å²) in [4.78, 5) is 0. The van der Waals surface area contributed by atoms with Gasteiger partial charge in [0.2, 0.25) is 0 Å². The van der Waals surface area contributed by atoms with Crippen molar-refractivity contribution in [1.29, 1.82) is 0 Å². The van der Waals surface area contributed by atoms with Crippen LogP contribution in [0.4, 0.5) is 0 Å². The van der Waals surface area contributed by atoms with Crippen LogP contribution >= 0.6 is 0 Å². The zero-order valence-electron chi connectivity index (χ0n) is 32.3. The maximum atomic E-state index is 4.30. The third kappa shape index (κ3) is 8.23. The van der Waals surface area contributed by atoms with Gasteiger partial charge >= 0.3 is 306 Å². The molecule has 0 aromatic heterocycles. The summed E-state index contributed by atoms with van der Waals surface area (Å²) in [6.07, 6.45) is 10.2. The Labute approximate surface area is 328 Å². The van der Waals surface area contributed by atoms with Crippen molar-refractivity contribution in [3.8, 4) is 11.1 Å². The monoisotopic (exact) mass is 790 g/mol. The molecule has 51 heavy (non-hydrogen) atoms. The minimum Gasteiger partial charge on any atom is -1.00 e. The molecule has 0 bridgehead atoms. The molecular weight excluding hydrogens is 739 g/mol. The molecule has 1 unspecified atom stereocenters. The van der Waals surface area contributed by atoms with Gasteiger partial charge in [0.25, 0.3) is 0 Å². The Bertz CT molecular complexity index is 1990. The minimum absolute atomic E-state index is 0. The van der Waals surface area contributed by atoms with Crippen molar-refractivity contribution >= 4 is 18.6 Å². The van der Waals surface area contributed by atoms with E-state index < -0.39 is 21.3 Å². The first-order chi connectivity index (χ1) is 23.0. The molecule has 0 nitrogen and oxygen atoms in total. The van der Waals surface area contributed by atoms with Crippen LogP contribution in [0.5, 0.6) is 0 Å². The van der Waals surface area contributed by atoms with Crippen LogP contribution in [0.15, 0.2) is 113 Å². The predicted molar refractivity (Wildman–Crippen MR) is 213 cm³/mol. The van der Waals surface area contributed by atoms with E-state index in [0.29, 0.717) is 5.92 Å². The maximum Gasteiger partial charge on any atom is -1.00 e. The van der Waals surface area contributed by atoms with Gasteiger partial charge in [0.1, 0.15) is 0 Å². The number of halogens is 2. The van der Waals surface area contributed by atoms with Crippen molar-refractivity contribution in [2.45, 2.75) is 86.5 Å². The molecule has 0 amide bonds. The van der Waals surface area contributed by atoms with E-state index in [9.17, 15) is 0 Å². The summed E-state index contributed by atoms with van der Waals surface area (Å²) in [7, 11) is 0. The summed E-state index contributed by atoms with van der Waals surface area (Å²) in [5.74, 6) is 0.389. The summed E-state index contributed by atoms with van der Waals surface area (Å²) in [6.45, 7) is 31.8. The van der Waals surface area contributed by atoms with Crippen LogP contribution in [-0.2, 0) is 38.5 Å². The number of benzene rings is 4. The number of rotatable bonds is 6. The van der Waals surface area contributed by atoms with Gasteiger partial charge in [-0.25, -0.2) is 0 Å². The van der Waals surface area contributed by atoms with Gasteiger partial charge in [-0.2, -0.15) is 0 Å². The van der Waals surface area contributed by atoms with E-state index in [4.69, 9.17) is 0 Å². The first-order valence-electron chi connectivity index (χ1n) is 18.0. The third-order valence-electron chi connectivity index (χ3n) is 10.5. The van der Waals surface area contributed by atoms with Crippen LogP contribution in [0.3, 0.4) is 0 Å². The second-order valence-corrected chi connectivity index (χ2v) is 23.1. The predicted octanol–water partition coefficient (Wildman–Crippen LogP) is 6.17. The van der Waals surface area contributed by atoms with Crippen LogP contribution in [0.25, 0.3) is 23.3 Å². The Hall–Kier alpha value is -2.83. The smallest absolute Gasteiger partial charge is 1.00 e. The maximum absolute atomic E-state index is 4.30. The molecule has 2 aliphatic rings. The van der Waals surface area contributed by atoms with Crippen LogP contribution in [-0.4, -0.2) is 3.21 Å². The first-order valence-corrected chi connectivity index (χ1v) is 21.6. The molecule has 2 aliphatic carbocycles. The Kier molecular flexibility index (Phi) is 12.3. The minimum atomic E-state index is -2.96. The fraction of sp³-hybridized carbons (Fsp3) is 0.312. The first kappa shape index (κ1) is 40.9. The zero-order chi connectivity index (χ0) is 35.5. The summed E-state index contributed by atoms with van der Waals surface area (Å²) in [6, 6.07) is 31.0. The van der Waals surface area contributed by atoms with Crippen LogP contribution in [0, 0.1) is 11.3 Å². The van der Waals surface area contributed by atoms with Crippen molar-refractivity contribution in [2.24, 2.45) is 11.3 Å². The van der Waals surface area contributed by atoms with Gasteiger partial charge < -0.3 is 24.8 Å². The Morgan fingerprint density at radius 1 is 0.647 bits per heavy atom. The number of fused-ring (bicyclic) bond motifs is 3. The van der Waals surface area contributed by atoms with Crippen molar-refractivity contribution in [2.75, 3.05) is 0 Å². The zero-order valence-corrected chi connectivity index (χ0v) is 36.2. The molecule has 0 N–H and O–H groups in total. The normalized spacial score (nSPS) is 14.9. The van der Waals surface area contributed by atoms with Crippen molar-refractivity contribution in [3.63, 3.8) is 0 Å². The summed E-state index contributed by atoms with van der Waals surface area (Å²) >= 11 is -2.96. The van der Waals surface area contributed by atoms with Gasteiger partial charge in [0, 0.05) is 0 Å². The Balaban J connectivity index is 0.00000292. The molecular formula is C48H54Cl2Zr. The molecule has 3 heteroatoms. The van der Waals surface area contributed by atoms with Crippen LogP contribution in [0.2, 0.25) is 0 Å². The molecule has 0 saturated heterocycles. The van der Waals surface area contributed by atoms with E-state index in [-0.39, 0.29) is 41.1 Å². The van der Waals surface area contributed by atoms with Crippen molar-refractivity contribution in [3.05, 3.63) is 158 Å². The van der Waals surface area contributed by atoms with E-state index in [1.54, 1.807) is 9.76 Å². The molecule has 0 saturated carbocycles. The van der Waals surface area contributed by atoms with Gasteiger partial charge in [-0.3, -0.25) is 0 Å². The van der Waals surface area contributed by atoms with Crippen molar-refractivity contribution in [1.82, 2.24) is 0 Å². The fourth-order valence-corrected chi connectivity index (χ4v) is 15.9. The quantitative estimate of drug-likeness (QED) is 0.193. The largest absolute Gasteiger partial charge is 1.00 e.